The number of aryl methyl sites for hydroxylation is 1. The Bertz CT molecular complexity index is 738. The Kier molecular flexibility index (Phi) is 5.38. The molecule has 2 aliphatic heterocycles. The van der Waals surface area contributed by atoms with E-state index in [0.717, 1.165) is 57.7 Å². The molecule has 0 unspecified atom stereocenters. The zero-order valence-corrected chi connectivity index (χ0v) is 15.6. The van der Waals surface area contributed by atoms with Crippen molar-refractivity contribution in [1.82, 2.24) is 19.7 Å². The van der Waals surface area contributed by atoms with Gasteiger partial charge >= 0.3 is 0 Å². The molecular weight excluding hydrogens is 342 g/mol. The third-order valence-electron chi connectivity index (χ3n) is 5.71. The van der Waals surface area contributed by atoms with Gasteiger partial charge in [0, 0.05) is 51.3 Å². The Morgan fingerprint density at radius 1 is 1.19 bits per heavy atom. The number of amides is 1. The van der Waals surface area contributed by atoms with E-state index in [0.29, 0.717) is 18.0 Å². The summed E-state index contributed by atoms with van der Waals surface area (Å²) in [5, 5.41) is 13.9. The van der Waals surface area contributed by atoms with Crippen molar-refractivity contribution in [1.29, 1.82) is 0 Å². The number of piperidine rings is 1. The number of likely N-dealkylation sites (tertiary alicyclic amines) is 1. The summed E-state index contributed by atoms with van der Waals surface area (Å²) in [6.07, 6.45) is 9.19. The van der Waals surface area contributed by atoms with Crippen LogP contribution in [0.4, 0.5) is 5.82 Å². The molecule has 0 aliphatic carbocycles. The number of rotatable bonds is 5. The number of hydrogen-bond donors (Lipinski definition) is 1. The van der Waals surface area contributed by atoms with Crippen LogP contribution < -0.4 is 4.90 Å². The number of carbonyl (C=O) groups is 1. The molecular formula is C20H27N5O2. The first-order valence-corrected chi connectivity index (χ1v) is 9.85. The molecule has 7 nitrogen and oxygen atoms in total. The van der Waals surface area contributed by atoms with Crippen LogP contribution in [0.5, 0.6) is 0 Å². The highest BCUT2D eigenvalue weighted by atomic mass is 16.3. The number of pyridine rings is 1. The second-order valence-corrected chi connectivity index (χ2v) is 7.59. The second-order valence-electron chi connectivity index (χ2n) is 7.59. The number of nitrogens with zero attached hydrogens (tertiary/aromatic N) is 5. The van der Waals surface area contributed by atoms with Crippen LogP contribution in [-0.4, -0.2) is 63.0 Å². The summed E-state index contributed by atoms with van der Waals surface area (Å²) in [5.74, 6) is 1.56. The van der Waals surface area contributed by atoms with E-state index in [1.165, 1.54) is 0 Å². The SMILES string of the molecule is O=C(c1ccc(N2CC[C@H](O)C2)nc1)N1CCC(CCn2cccn2)CC1. The number of aliphatic hydroxyl groups excluding tert-OH is 1. The van der Waals surface area contributed by atoms with E-state index >= 15 is 0 Å². The highest BCUT2D eigenvalue weighted by Gasteiger charge is 2.25. The van der Waals surface area contributed by atoms with Gasteiger partial charge in [-0.05, 0) is 49.8 Å². The Balaban J connectivity index is 1.27. The van der Waals surface area contributed by atoms with Crippen molar-refractivity contribution in [3.8, 4) is 0 Å². The molecule has 0 aromatic carbocycles. The summed E-state index contributed by atoms with van der Waals surface area (Å²) in [6.45, 7) is 3.99. The molecule has 0 saturated carbocycles. The van der Waals surface area contributed by atoms with Crippen LogP contribution in [0, 0.1) is 5.92 Å². The average molecular weight is 369 g/mol. The number of β-amino-alcohol motifs (C(OH)–C–C–N with tert-alkyl or cyclic N) is 1. The fourth-order valence-electron chi connectivity index (χ4n) is 4.00. The minimum atomic E-state index is -0.275. The van der Waals surface area contributed by atoms with Crippen molar-refractivity contribution >= 4 is 11.7 Å². The lowest BCUT2D eigenvalue weighted by Gasteiger charge is -2.32. The molecule has 2 fully saturated rings. The van der Waals surface area contributed by atoms with Crippen molar-refractivity contribution < 1.29 is 9.90 Å². The molecule has 2 aliphatic rings. The lowest BCUT2D eigenvalue weighted by molar-refractivity contribution is 0.0684. The fraction of sp³-hybridized carbons (Fsp3) is 0.550. The standard InChI is InChI=1S/C20H27N5O2/c26-18-7-12-24(15-18)19-3-2-17(14-21-19)20(27)23-10-4-16(5-11-23)6-13-25-9-1-8-22-25/h1-3,8-9,14,16,18,26H,4-7,10-13,15H2/t18-/m0/s1. The maximum absolute atomic E-state index is 12.8. The predicted molar refractivity (Wildman–Crippen MR) is 103 cm³/mol. The summed E-state index contributed by atoms with van der Waals surface area (Å²) in [4.78, 5) is 21.2. The smallest absolute Gasteiger partial charge is 0.255 e. The van der Waals surface area contributed by atoms with Gasteiger partial charge in [-0.15, -0.1) is 0 Å². The Labute approximate surface area is 159 Å². The molecule has 0 radical (unpaired) electrons. The van der Waals surface area contributed by atoms with E-state index in [9.17, 15) is 9.90 Å². The molecule has 1 atom stereocenters. The summed E-state index contributed by atoms with van der Waals surface area (Å²) in [7, 11) is 0. The van der Waals surface area contributed by atoms with Crippen molar-refractivity contribution in [3.63, 3.8) is 0 Å². The van der Waals surface area contributed by atoms with E-state index in [1.54, 1.807) is 6.20 Å². The highest BCUT2D eigenvalue weighted by molar-refractivity contribution is 5.94. The summed E-state index contributed by atoms with van der Waals surface area (Å²) < 4.78 is 1.98. The highest BCUT2D eigenvalue weighted by Crippen LogP contribution is 2.23. The molecule has 0 spiro atoms. The van der Waals surface area contributed by atoms with Crippen molar-refractivity contribution in [2.75, 3.05) is 31.1 Å². The number of hydrogen-bond acceptors (Lipinski definition) is 5. The molecule has 1 amide bonds. The quantitative estimate of drug-likeness (QED) is 0.870. The number of aliphatic hydroxyl groups is 1. The summed E-state index contributed by atoms with van der Waals surface area (Å²) >= 11 is 0. The van der Waals surface area contributed by atoms with Gasteiger partial charge in [0.1, 0.15) is 5.82 Å². The number of aromatic nitrogens is 3. The molecule has 4 rings (SSSR count). The fourth-order valence-corrected chi connectivity index (χ4v) is 4.00. The minimum absolute atomic E-state index is 0.0704. The third-order valence-corrected chi connectivity index (χ3v) is 5.71. The normalized spacial score (nSPS) is 21.0. The zero-order chi connectivity index (χ0) is 18.6. The maximum Gasteiger partial charge on any atom is 0.255 e. The van der Waals surface area contributed by atoms with Crippen LogP contribution >= 0.6 is 0 Å². The molecule has 0 bridgehead atoms. The lowest BCUT2D eigenvalue weighted by Crippen LogP contribution is -2.38. The van der Waals surface area contributed by atoms with Crippen molar-refractivity contribution in [2.45, 2.75) is 38.3 Å². The maximum atomic E-state index is 12.8. The van der Waals surface area contributed by atoms with Crippen LogP contribution in [0.1, 0.15) is 36.0 Å². The van der Waals surface area contributed by atoms with Gasteiger partial charge in [0.05, 0.1) is 11.7 Å². The lowest BCUT2D eigenvalue weighted by atomic mass is 9.93. The minimum Gasteiger partial charge on any atom is -0.391 e. The van der Waals surface area contributed by atoms with E-state index in [-0.39, 0.29) is 12.0 Å². The number of carbonyl (C=O) groups excluding carboxylic acids is 1. The monoisotopic (exact) mass is 369 g/mol. The van der Waals surface area contributed by atoms with E-state index < -0.39 is 0 Å². The zero-order valence-electron chi connectivity index (χ0n) is 15.6. The molecule has 1 N–H and O–H groups in total. The Morgan fingerprint density at radius 2 is 2.04 bits per heavy atom. The van der Waals surface area contributed by atoms with Gasteiger partial charge in [0.25, 0.3) is 5.91 Å². The largest absolute Gasteiger partial charge is 0.391 e. The molecule has 27 heavy (non-hydrogen) atoms. The summed E-state index contributed by atoms with van der Waals surface area (Å²) in [6, 6.07) is 5.70. The van der Waals surface area contributed by atoms with Gasteiger partial charge in [-0.1, -0.05) is 0 Å². The topological polar surface area (TPSA) is 74.5 Å². The average Bonchev–Trinajstić information content (AvgIpc) is 3.38. The van der Waals surface area contributed by atoms with Crippen molar-refractivity contribution in [3.05, 3.63) is 42.4 Å². The van der Waals surface area contributed by atoms with Crippen LogP contribution in [0.15, 0.2) is 36.8 Å². The molecule has 2 aromatic rings. The molecule has 2 saturated heterocycles. The van der Waals surface area contributed by atoms with Gasteiger partial charge in [0.15, 0.2) is 0 Å². The van der Waals surface area contributed by atoms with E-state index in [1.807, 2.05) is 40.2 Å². The van der Waals surface area contributed by atoms with Gasteiger partial charge in [-0.3, -0.25) is 9.48 Å². The van der Waals surface area contributed by atoms with E-state index in [2.05, 4.69) is 15.0 Å². The first-order chi connectivity index (χ1) is 13.2. The molecule has 7 heteroatoms. The van der Waals surface area contributed by atoms with Gasteiger partial charge < -0.3 is 14.9 Å². The van der Waals surface area contributed by atoms with Crippen LogP contribution in [0.3, 0.4) is 0 Å². The van der Waals surface area contributed by atoms with Crippen LogP contribution in [-0.2, 0) is 6.54 Å². The number of anilines is 1. The molecule has 144 valence electrons. The van der Waals surface area contributed by atoms with Crippen molar-refractivity contribution in [2.24, 2.45) is 5.92 Å². The Morgan fingerprint density at radius 3 is 2.67 bits per heavy atom. The Hall–Kier alpha value is -2.41. The second kappa shape index (κ2) is 8.08. The van der Waals surface area contributed by atoms with Gasteiger partial charge in [-0.2, -0.15) is 5.10 Å². The predicted octanol–water partition coefficient (Wildman–Crippen LogP) is 1.79. The van der Waals surface area contributed by atoms with Gasteiger partial charge in [0.2, 0.25) is 0 Å². The first kappa shape index (κ1) is 18.0. The van der Waals surface area contributed by atoms with E-state index in [4.69, 9.17) is 0 Å². The summed E-state index contributed by atoms with van der Waals surface area (Å²) in [5.41, 5.74) is 0.647. The van der Waals surface area contributed by atoms with Gasteiger partial charge in [-0.25, -0.2) is 4.98 Å². The molecule has 4 heterocycles. The first-order valence-electron chi connectivity index (χ1n) is 9.85. The van der Waals surface area contributed by atoms with Crippen LogP contribution in [0.25, 0.3) is 0 Å². The third kappa shape index (κ3) is 4.30. The molecule has 2 aromatic heterocycles. The van der Waals surface area contributed by atoms with Crippen LogP contribution in [0.2, 0.25) is 0 Å².